The summed E-state index contributed by atoms with van der Waals surface area (Å²) in [6.07, 6.45) is 3.93. The lowest BCUT2D eigenvalue weighted by molar-refractivity contribution is 0.267. The van der Waals surface area contributed by atoms with Crippen molar-refractivity contribution in [1.29, 1.82) is 5.26 Å². The van der Waals surface area contributed by atoms with Crippen LogP contribution >= 0.6 is 0 Å². The summed E-state index contributed by atoms with van der Waals surface area (Å²) in [4.78, 5) is 19.0. The number of hydrogen-bond donors (Lipinski definition) is 0. The third kappa shape index (κ3) is 7.16. The molecule has 48 heavy (non-hydrogen) atoms. The smallest absolute Gasteiger partial charge is 0.282 e. The highest BCUT2D eigenvalue weighted by Gasteiger charge is 2.19. The molecule has 0 amide bonds. The minimum absolute atomic E-state index is 0.185. The third-order valence-corrected chi connectivity index (χ3v) is 7.92. The van der Waals surface area contributed by atoms with Gasteiger partial charge < -0.3 is 14.2 Å². The fourth-order valence-electron chi connectivity index (χ4n) is 5.60. The number of hydrogen-bond acceptors (Lipinski definition) is 7. The van der Waals surface area contributed by atoms with Gasteiger partial charge in [0.1, 0.15) is 12.4 Å². The largest absolute Gasteiger partial charge is 0.494 e. The minimum atomic E-state index is -0.279. The van der Waals surface area contributed by atoms with E-state index < -0.39 is 0 Å². The Morgan fingerprint density at radius 3 is 2.42 bits per heavy atom. The highest BCUT2D eigenvalue weighted by Crippen LogP contribution is 2.36. The molecular weight excluding hydrogens is 600 g/mol. The molecule has 0 radical (unpaired) electrons. The highest BCUT2D eigenvalue weighted by atomic mass is 16.5. The van der Waals surface area contributed by atoms with Gasteiger partial charge in [-0.1, -0.05) is 50.3 Å². The van der Waals surface area contributed by atoms with E-state index in [0.29, 0.717) is 59.0 Å². The first-order chi connectivity index (χ1) is 23.3. The molecule has 0 aliphatic carbocycles. The van der Waals surface area contributed by atoms with E-state index in [1.807, 2.05) is 75.4 Å². The van der Waals surface area contributed by atoms with Crippen molar-refractivity contribution in [2.45, 2.75) is 53.6 Å². The average Bonchev–Trinajstić information content (AvgIpc) is 3.08. The number of rotatable bonds is 13. The van der Waals surface area contributed by atoms with E-state index in [-0.39, 0.29) is 18.1 Å². The van der Waals surface area contributed by atoms with Crippen LogP contribution in [0.15, 0.2) is 95.3 Å². The van der Waals surface area contributed by atoms with Crippen molar-refractivity contribution < 1.29 is 14.2 Å². The van der Waals surface area contributed by atoms with Gasteiger partial charge in [0.15, 0.2) is 17.3 Å². The lowest BCUT2D eigenvalue weighted by Gasteiger charge is -2.18. The summed E-state index contributed by atoms with van der Waals surface area (Å²) in [7, 11) is 0. The van der Waals surface area contributed by atoms with Gasteiger partial charge >= 0.3 is 0 Å². The van der Waals surface area contributed by atoms with Crippen molar-refractivity contribution in [3.63, 3.8) is 0 Å². The van der Waals surface area contributed by atoms with Crippen molar-refractivity contribution in [3.8, 4) is 34.7 Å². The Labute approximate surface area is 281 Å². The van der Waals surface area contributed by atoms with Crippen LogP contribution in [0.3, 0.4) is 0 Å². The van der Waals surface area contributed by atoms with Crippen LogP contribution in [0.2, 0.25) is 0 Å². The SMILES string of the molecule is C=CCc1cc(C=Nn2c(-c3cc(C(C)C)c(OCC)cc3C)nc3ccccc3c2=O)cc(OCC)c1OCc1ccccc1C#N. The number of nitriles is 1. The van der Waals surface area contributed by atoms with Gasteiger partial charge in [-0.15, -0.1) is 6.58 Å². The maximum absolute atomic E-state index is 14.0. The molecule has 244 valence electrons. The fourth-order valence-corrected chi connectivity index (χ4v) is 5.60. The number of aryl methyl sites for hydroxylation is 1. The van der Waals surface area contributed by atoms with Crippen LogP contribution in [0.1, 0.15) is 67.0 Å². The van der Waals surface area contributed by atoms with Gasteiger partial charge in [-0.25, -0.2) is 4.98 Å². The Kier molecular flexibility index (Phi) is 10.7. The molecule has 0 aliphatic heterocycles. The maximum atomic E-state index is 14.0. The predicted octanol–water partition coefficient (Wildman–Crippen LogP) is 8.35. The normalized spacial score (nSPS) is 11.2. The van der Waals surface area contributed by atoms with Gasteiger partial charge in [0.2, 0.25) is 0 Å². The zero-order valence-electron chi connectivity index (χ0n) is 28.1. The molecule has 4 aromatic carbocycles. The lowest BCUT2D eigenvalue weighted by Crippen LogP contribution is -2.21. The second kappa shape index (κ2) is 15.3. The van der Waals surface area contributed by atoms with Gasteiger partial charge in [0, 0.05) is 16.7 Å². The summed E-state index contributed by atoms with van der Waals surface area (Å²) in [5, 5.41) is 14.8. The molecular formula is C40H40N4O4. The lowest BCUT2D eigenvalue weighted by atomic mass is 9.96. The van der Waals surface area contributed by atoms with Crippen molar-refractivity contribution >= 4 is 17.1 Å². The van der Waals surface area contributed by atoms with Crippen LogP contribution < -0.4 is 19.8 Å². The molecule has 0 bridgehead atoms. The van der Waals surface area contributed by atoms with Crippen LogP contribution in [0.5, 0.6) is 17.2 Å². The Morgan fingerprint density at radius 1 is 0.958 bits per heavy atom. The Balaban J connectivity index is 1.64. The van der Waals surface area contributed by atoms with Crippen LogP contribution in [-0.4, -0.2) is 29.1 Å². The molecule has 0 spiro atoms. The topological polar surface area (TPSA) is 98.7 Å². The summed E-state index contributed by atoms with van der Waals surface area (Å²) < 4.78 is 19.7. The van der Waals surface area contributed by atoms with E-state index in [1.54, 1.807) is 24.4 Å². The number of nitrogens with zero attached hydrogens (tertiary/aromatic N) is 4. The predicted molar refractivity (Wildman–Crippen MR) is 191 cm³/mol. The molecule has 0 saturated carbocycles. The minimum Gasteiger partial charge on any atom is -0.494 e. The van der Waals surface area contributed by atoms with Crippen LogP contribution in [0, 0.1) is 18.3 Å². The molecule has 0 N–H and O–H groups in total. The van der Waals surface area contributed by atoms with Crippen molar-refractivity contribution in [2.75, 3.05) is 13.2 Å². The number of ether oxygens (including phenoxy) is 3. The maximum Gasteiger partial charge on any atom is 0.282 e. The van der Waals surface area contributed by atoms with Gasteiger partial charge in [-0.05, 0) is 92.3 Å². The molecule has 1 aromatic heterocycles. The molecule has 0 atom stereocenters. The molecule has 0 unspecified atom stereocenters. The first kappa shape index (κ1) is 33.7. The van der Waals surface area contributed by atoms with Crippen molar-refractivity contribution in [3.05, 3.63) is 129 Å². The Bertz CT molecular complexity index is 2090. The summed E-state index contributed by atoms with van der Waals surface area (Å²) in [6, 6.07) is 24.7. The standard InChI is InChI=1S/C40H40N4O4/c1-7-14-29-20-28(21-37(47-9-3)38(29)48-25-31-16-11-10-15-30(31)23-41)24-42-44-39(43-35-18-13-12-17-32(35)40(44)45)34-22-33(26(4)5)36(46-8-2)19-27(34)6/h7,10-13,15-22,24,26H,1,8-9,14,25H2,2-6H3. The van der Waals surface area contributed by atoms with E-state index in [1.165, 1.54) is 4.68 Å². The molecule has 5 rings (SSSR count). The molecule has 8 nitrogen and oxygen atoms in total. The van der Waals surface area contributed by atoms with Crippen LogP contribution in [0.25, 0.3) is 22.3 Å². The Hall–Kier alpha value is -5.68. The van der Waals surface area contributed by atoms with Crippen LogP contribution in [-0.2, 0) is 13.0 Å². The van der Waals surface area contributed by atoms with E-state index in [4.69, 9.17) is 24.3 Å². The van der Waals surface area contributed by atoms with Crippen molar-refractivity contribution in [2.24, 2.45) is 5.10 Å². The molecule has 1 heterocycles. The first-order valence-electron chi connectivity index (χ1n) is 16.1. The van der Waals surface area contributed by atoms with Gasteiger partial charge in [0.25, 0.3) is 5.56 Å². The summed E-state index contributed by atoms with van der Waals surface area (Å²) >= 11 is 0. The second-order valence-electron chi connectivity index (χ2n) is 11.6. The monoisotopic (exact) mass is 640 g/mol. The van der Waals surface area contributed by atoms with Crippen molar-refractivity contribution in [1.82, 2.24) is 9.66 Å². The molecule has 8 heteroatoms. The van der Waals surface area contributed by atoms with E-state index in [2.05, 4.69) is 32.6 Å². The van der Waals surface area contributed by atoms with Gasteiger partial charge in [0.05, 0.1) is 42.0 Å². The molecule has 0 aliphatic rings. The number of para-hydroxylation sites is 1. The van der Waals surface area contributed by atoms with E-state index in [0.717, 1.165) is 33.6 Å². The second-order valence-corrected chi connectivity index (χ2v) is 11.6. The molecule has 0 fully saturated rings. The molecule has 5 aromatic rings. The number of aromatic nitrogens is 2. The Morgan fingerprint density at radius 2 is 1.69 bits per heavy atom. The average molecular weight is 641 g/mol. The summed E-state index contributed by atoms with van der Waals surface area (Å²) in [5.74, 6) is 2.54. The number of allylic oxidation sites excluding steroid dienone is 1. The molecule has 0 saturated heterocycles. The van der Waals surface area contributed by atoms with Gasteiger partial charge in [-0.2, -0.15) is 15.0 Å². The van der Waals surface area contributed by atoms with E-state index >= 15 is 0 Å². The van der Waals surface area contributed by atoms with Crippen LogP contribution in [0.4, 0.5) is 0 Å². The number of fused-ring (bicyclic) bond motifs is 1. The summed E-state index contributed by atoms with van der Waals surface area (Å²) in [6.45, 7) is 15.2. The zero-order chi connectivity index (χ0) is 34.2. The quantitative estimate of drug-likeness (QED) is 0.0948. The number of benzene rings is 4. The summed E-state index contributed by atoms with van der Waals surface area (Å²) in [5.41, 5.74) is 5.92. The van der Waals surface area contributed by atoms with E-state index in [9.17, 15) is 10.1 Å². The fraction of sp³-hybridized carbons (Fsp3) is 0.250. The zero-order valence-corrected chi connectivity index (χ0v) is 28.1. The highest BCUT2D eigenvalue weighted by molar-refractivity contribution is 5.83. The third-order valence-electron chi connectivity index (χ3n) is 7.92. The first-order valence-corrected chi connectivity index (χ1v) is 16.1. The van der Waals surface area contributed by atoms with Gasteiger partial charge in [-0.3, -0.25) is 4.79 Å².